The van der Waals surface area contributed by atoms with Gasteiger partial charge in [0.15, 0.2) is 17.7 Å². The summed E-state index contributed by atoms with van der Waals surface area (Å²) in [5, 5.41) is 29.5. The van der Waals surface area contributed by atoms with Crippen molar-refractivity contribution in [3.8, 4) is 0 Å². The summed E-state index contributed by atoms with van der Waals surface area (Å²) in [5.74, 6) is -0.201. The first-order valence-electron chi connectivity index (χ1n) is 8.09. The first kappa shape index (κ1) is 19.7. The third-order valence-electron chi connectivity index (χ3n) is 4.25. The topological polar surface area (TPSA) is 178 Å². The number of rotatable bonds is 7. The van der Waals surface area contributed by atoms with Crippen molar-refractivity contribution in [1.29, 1.82) is 0 Å². The number of hydroxylamine groups is 1. The molecule has 0 unspecified atom stereocenters. The minimum atomic E-state index is -1.31. The Labute approximate surface area is 158 Å². The van der Waals surface area contributed by atoms with Gasteiger partial charge in [0.2, 0.25) is 0 Å². The molecule has 3 heterocycles. The van der Waals surface area contributed by atoms with Crippen LogP contribution in [0.2, 0.25) is 0 Å². The number of nitrogen functional groups attached to an aromatic ring is 1. The highest BCUT2D eigenvalue weighted by Gasteiger charge is 2.45. The maximum Gasteiger partial charge on any atom is 0.325 e. The fourth-order valence-corrected chi connectivity index (χ4v) is 3.04. The molecule has 0 spiro atoms. The molecule has 0 amide bonds. The quantitative estimate of drug-likeness (QED) is 0.176. The van der Waals surface area contributed by atoms with Crippen LogP contribution in [0.25, 0.3) is 11.2 Å². The predicted octanol–water partition coefficient (Wildman–Crippen LogP) is -1.76. The van der Waals surface area contributed by atoms with Gasteiger partial charge in [0.05, 0.1) is 6.33 Å². The molecule has 0 radical (unpaired) electrons. The van der Waals surface area contributed by atoms with Crippen LogP contribution >= 0.6 is 12.6 Å². The second-order valence-corrected chi connectivity index (χ2v) is 6.40. The van der Waals surface area contributed by atoms with Crippen LogP contribution in [-0.2, 0) is 14.3 Å². The molecule has 27 heavy (non-hydrogen) atoms. The fraction of sp³-hybridized carbons (Fsp3) is 0.571. The van der Waals surface area contributed by atoms with E-state index < -0.39 is 36.6 Å². The molecule has 6 N–H and O–H groups in total. The number of aromatic nitrogens is 4. The van der Waals surface area contributed by atoms with Gasteiger partial charge in [-0.05, 0) is 12.2 Å². The Balaban J connectivity index is 1.70. The molecule has 3 rings (SSSR count). The Morgan fingerprint density at radius 1 is 1.41 bits per heavy atom. The lowest BCUT2D eigenvalue weighted by Crippen LogP contribution is -2.39. The second kappa shape index (κ2) is 8.33. The highest BCUT2D eigenvalue weighted by Crippen LogP contribution is 2.32. The predicted molar refractivity (Wildman–Crippen MR) is 93.8 cm³/mol. The van der Waals surface area contributed by atoms with Gasteiger partial charge < -0.3 is 30.6 Å². The normalized spacial score (nSPS) is 26.4. The summed E-state index contributed by atoms with van der Waals surface area (Å²) in [6.07, 6.45) is -1.76. The molecule has 13 heteroatoms. The lowest BCUT2D eigenvalue weighted by atomic mass is 10.1. The number of esters is 1. The van der Waals surface area contributed by atoms with E-state index in [0.717, 1.165) is 0 Å². The molecular formula is C14H20N6O6S. The van der Waals surface area contributed by atoms with Gasteiger partial charge in [-0.25, -0.2) is 15.0 Å². The van der Waals surface area contributed by atoms with E-state index in [9.17, 15) is 15.0 Å². The Hall–Kier alpha value is -2.03. The molecule has 12 nitrogen and oxygen atoms in total. The van der Waals surface area contributed by atoms with Crippen LogP contribution in [0.5, 0.6) is 0 Å². The maximum absolute atomic E-state index is 11.9. The third kappa shape index (κ3) is 3.83. The number of carbonyl (C=O) groups is 1. The molecule has 1 saturated heterocycles. The fourth-order valence-electron chi connectivity index (χ4n) is 2.78. The summed E-state index contributed by atoms with van der Waals surface area (Å²) in [7, 11) is 0. The molecule has 1 fully saturated rings. The van der Waals surface area contributed by atoms with E-state index in [-0.39, 0.29) is 18.8 Å². The Bertz CT molecular complexity index is 805. The van der Waals surface area contributed by atoms with Crippen molar-refractivity contribution >= 4 is 35.6 Å². The largest absolute Gasteiger partial charge is 0.462 e. The lowest BCUT2D eigenvalue weighted by molar-refractivity contribution is -0.155. The molecule has 148 valence electrons. The van der Waals surface area contributed by atoms with Crippen molar-refractivity contribution in [3.05, 3.63) is 12.7 Å². The highest BCUT2D eigenvalue weighted by molar-refractivity contribution is 7.80. The van der Waals surface area contributed by atoms with Crippen molar-refractivity contribution < 1.29 is 29.7 Å². The van der Waals surface area contributed by atoms with E-state index in [1.165, 1.54) is 17.2 Å². The molecule has 0 bridgehead atoms. The molecule has 2 aromatic heterocycles. The monoisotopic (exact) mass is 400 g/mol. The Morgan fingerprint density at radius 3 is 2.89 bits per heavy atom. The summed E-state index contributed by atoms with van der Waals surface area (Å²) in [4.78, 5) is 23.9. The van der Waals surface area contributed by atoms with Crippen LogP contribution in [0.3, 0.4) is 0 Å². The number of nitrogens with zero attached hydrogens (tertiary/aromatic N) is 4. The van der Waals surface area contributed by atoms with Crippen LogP contribution < -0.4 is 11.2 Å². The third-order valence-corrected chi connectivity index (χ3v) is 4.50. The summed E-state index contributed by atoms with van der Waals surface area (Å²) in [6.45, 7) is -0.317. The number of anilines is 1. The molecule has 0 saturated carbocycles. The number of thiol groups is 1. The van der Waals surface area contributed by atoms with Gasteiger partial charge in [-0.15, -0.1) is 0 Å². The second-order valence-electron chi connectivity index (χ2n) is 5.95. The van der Waals surface area contributed by atoms with E-state index >= 15 is 0 Å². The van der Waals surface area contributed by atoms with Crippen LogP contribution in [0.15, 0.2) is 12.7 Å². The van der Waals surface area contributed by atoms with Gasteiger partial charge >= 0.3 is 5.97 Å². The SMILES string of the molecule is Nc1ncnc2c1ncn2[C@@H]1O[C@H](COC(=O)[C@H](CCS)NO)[C@@H](O)[C@H]1O. The molecular weight excluding hydrogens is 380 g/mol. The van der Waals surface area contributed by atoms with E-state index in [1.54, 1.807) is 0 Å². The molecule has 2 aromatic rings. The van der Waals surface area contributed by atoms with E-state index in [0.29, 0.717) is 16.9 Å². The number of hydrogen-bond donors (Lipinski definition) is 6. The van der Waals surface area contributed by atoms with Gasteiger partial charge in [-0.1, -0.05) is 0 Å². The zero-order valence-electron chi connectivity index (χ0n) is 14.0. The average Bonchev–Trinajstić information content (AvgIpc) is 3.21. The van der Waals surface area contributed by atoms with Crippen molar-refractivity contribution in [2.24, 2.45) is 0 Å². The van der Waals surface area contributed by atoms with Crippen LogP contribution in [-0.4, -0.2) is 77.6 Å². The van der Waals surface area contributed by atoms with Crippen LogP contribution in [0, 0.1) is 0 Å². The van der Waals surface area contributed by atoms with Crippen molar-refractivity contribution in [1.82, 2.24) is 25.0 Å². The minimum Gasteiger partial charge on any atom is -0.462 e. The molecule has 1 aliphatic heterocycles. The standard InChI is InChI=1S/C14H20N6O6S/c15-11-8-12(17-4-16-11)20(5-18-8)13-10(22)9(21)7(26-13)3-25-14(23)6(19-24)1-2-27/h4-7,9-10,13,19,21-22,24,27H,1-3H2,(H2,15,16,17)/t6-,7+,9+,10+,13+/m0/s1. The Morgan fingerprint density at radius 2 is 2.19 bits per heavy atom. The smallest absolute Gasteiger partial charge is 0.325 e. The number of aliphatic hydroxyl groups is 2. The van der Waals surface area contributed by atoms with Crippen molar-refractivity contribution in [3.63, 3.8) is 0 Å². The van der Waals surface area contributed by atoms with Gasteiger partial charge in [0, 0.05) is 0 Å². The lowest BCUT2D eigenvalue weighted by Gasteiger charge is -2.17. The van der Waals surface area contributed by atoms with Crippen molar-refractivity contribution in [2.75, 3.05) is 18.1 Å². The van der Waals surface area contributed by atoms with E-state index in [4.69, 9.17) is 20.4 Å². The van der Waals surface area contributed by atoms with E-state index in [2.05, 4.69) is 27.6 Å². The van der Waals surface area contributed by atoms with Gasteiger partial charge in [-0.3, -0.25) is 9.36 Å². The molecule has 0 aliphatic carbocycles. The van der Waals surface area contributed by atoms with Gasteiger partial charge in [0.1, 0.15) is 42.8 Å². The molecule has 0 aromatic carbocycles. The summed E-state index contributed by atoms with van der Waals surface area (Å²) in [6, 6.07) is -0.945. The number of aliphatic hydroxyl groups excluding tert-OH is 2. The first-order valence-corrected chi connectivity index (χ1v) is 8.72. The zero-order valence-corrected chi connectivity index (χ0v) is 14.9. The number of hydrogen-bond acceptors (Lipinski definition) is 12. The summed E-state index contributed by atoms with van der Waals surface area (Å²) < 4.78 is 12.1. The molecule has 5 atom stereocenters. The number of ether oxygens (including phenoxy) is 2. The van der Waals surface area contributed by atoms with Crippen molar-refractivity contribution in [2.45, 2.75) is 37.0 Å². The number of nitrogens with one attached hydrogen (secondary N) is 1. The van der Waals surface area contributed by atoms with Crippen LogP contribution in [0.4, 0.5) is 5.82 Å². The number of carbonyl (C=O) groups excluding carboxylic acids is 1. The number of nitrogens with two attached hydrogens (primary N) is 1. The number of fused-ring (bicyclic) bond motifs is 1. The average molecular weight is 400 g/mol. The summed E-state index contributed by atoms with van der Waals surface area (Å²) >= 11 is 3.99. The maximum atomic E-state index is 11.9. The molecule has 1 aliphatic rings. The number of imidazole rings is 1. The van der Waals surface area contributed by atoms with Gasteiger partial charge in [-0.2, -0.15) is 18.1 Å². The van der Waals surface area contributed by atoms with Gasteiger partial charge in [0.25, 0.3) is 0 Å². The zero-order chi connectivity index (χ0) is 19.6. The Kier molecular flexibility index (Phi) is 6.08. The van der Waals surface area contributed by atoms with Crippen LogP contribution in [0.1, 0.15) is 12.6 Å². The summed E-state index contributed by atoms with van der Waals surface area (Å²) in [5.41, 5.74) is 8.24. The first-order chi connectivity index (χ1) is 13.0. The highest BCUT2D eigenvalue weighted by atomic mass is 32.1. The van der Waals surface area contributed by atoms with E-state index in [1.807, 2.05) is 5.48 Å². The minimum absolute atomic E-state index is 0.170.